The van der Waals surface area contributed by atoms with Gasteiger partial charge in [0.15, 0.2) is 0 Å². The zero-order valence-corrected chi connectivity index (χ0v) is 7.33. The molecule has 0 amide bonds. The second kappa shape index (κ2) is 4.64. The third-order valence-electron chi connectivity index (χ3n) is 1.84. The molecule has 1 nitrogen and oxygen atoms in total. The number of halogens is 1. The van der Waals surface area contributed by atoms with E-state index in [1.54, 1.807) is 24.3 Å². The zero-order valence-electron chi connectivity index (χ0n) is 7.33. The summed E-state index contributed by atoms with van der Waals surface area (Å²) >= 11 is 0. The van der Waals surface area contributed by atoms with Gasteiger partial charge in [-0.3, -0.25) is 0 Å². The lowest BCUT2D eigenvalue weighted by Crippen LogP contribution is -2.03. The Morgan fingerprint density at radius 3 is 2.92 bits per heavy atom. The maximum Gasteiger partial charge on any atom is 0.126 e. The monoisotopic (exact) mass is 177 g/mol. The zero-order chi connectivity index (χ0) is 9.68. The van der Waals surface area contributed by atoms with E-state index < -0.39 is 6.17 Å². The van der Waals surface area contributed by atoms with Crippen LogP contribution < -0.4 is 5.73 Å². The fraction of sp³-hybridized carbons (Fsp3) is 0.273. The second-order valence-electron chi connectivity index (χ2n) is 2.81. The maximum absolute atomic E-state index is 13.3. The minimum absolute atomic E-state index is 0.341. The van der Waals surface area contributed by atoms with Crippen LogP contribution in [0.1, 0.15) is 23.7 Å². The van der Waals surface area contributed by atoms with Crippen molar-refractivity contribution in [3.05, 3.63) is 35.4 Å². The van der Waals surface area contributed by atoms with Gasteiger partial charge in [-0.1, -0.05) is 18.1 Å². The molecule has 1 unspecified atom stereocenters. The quantitative estimate of drug-likeness (QED) is 0.702. The average molecular weight is 177 g/mol. The van der Waals surface area contributed by atoms with Crippen LogP contribution in [0.3, 0.4) is 0 Å². The Balaban J connectivity index is 2.83. The molecule has 2 heteroatoms. The van der Waals surface area contributed by atoms with Crippen LogP contribution in [0.25, 0.3) is 0 Å². The molecule has 0 aliphatic carbocycles. The number of terminal acetylenes is 1. The summed E-state index contributed by atoms with van der Waals surface area (Å²) < 4.78 is 13.3. The molecule has 0 bridgehead atoms. The summed E-state index contributed by atoms with van der Waals surface area (Å²) in [7, 11) is 0. The molecule has 68 valence electrons. The first-order chi connectivity index (χ1) is 6.27. The van der Waals surface area contributed by atoms with E-state index in [4.69, 9.17) is 12.2 Å². The van der Waals surface area contributed by atoms with Crippen LogP contribution in [-0.2, 0) is 0 Å². The summed E-state index contributed by atoms with van der Waals surface area (Å²) in [5.41, 5.74) is 6.57. The molecular formula is C11H12FN. The highest BCUT2D eigenvalue weighted by Gasteiger charge is 2.07. The molecule has 0 spiro atoms. The van der Waals surface area contributed by atoms with Crippen molar-refractivity contribution >= 4 is 0 Å². The lowest BCUT2D eigenvalue weighted by atomic mass is 10.1. The number of alkyl halides is 1. The van der Waals surface area contributed by atoms with Crippen LogP contribution >= 0.6 is 0 Å². The predicted octanol–water partition coefficient (Wildman–Crippen LogP) is 2.03. The number of hydrogen-bond donors (Lipinski definition) is 1. The Morgan fingerprint density at radius 2 is 2.31 bits per heavy atom. The Labute approximate surface area is 77.8 Å². The van der Waals surface area contributed by atoms with E-state index in [0.717, 1.165) is 0 Å². The maximum atomic E-state index is 13.3. The van der Waals surface area contributed by atoms with Crippen LogP contribution in [0.5, 0.6) is 0 Å². The minimum Gasteiger partial charge on any atom is -0.330 e. The van der Waals surface area contributed by atoms with E-state index in [-0.39, 0.29) is 0 Å². The van der Waals surface area contributed by atoms with Crippen LogP contribution in [0.2, 0.25) is 0 Å². The minimum atomic E-state index is -1.00. The molecular weight excluding hydrogens is 165 g/mol. The van der Waals surface area contributed by atoms with Gasteiger partial charge in [-0.05, 0) is 30.7 Å². The van der Waals surface area contributed by atoms with E-state index in [0.29, 0.717) is 24.1 Å². The smallest absolute Gasteiger partial charge is 0.126 e. The molecule has 0 heterocycles. The van der Waals surface area contributed by atoms with Crippen molar-refractivity contribution in [1.82, 2.24) is 0 Å². The highest BCUT2D eigenvalue weighted by atomic mass is 19.1. The van der Waals surface area contributed by atoms with Gasteiger partial charge >= 0.3 is 0 Å². The SMILES string of the molecule is C#Cc1cccc(C(F)CCN)c1. The highest BCUT2D eigenvalue weighted by molar-refractivity contribution is 5.36. The summed E-state index contributed by atoms with van der Waals surface area (Å²) in [6.45, 7) is 0.349. The van der Waals surface area contributed by atoms with E-state index in [1.807, 2.05) is 0 Å². The summed E-state index contributed by atoms with van der Waals surface area (Å²) in [4.78, 5) is 0. The fourth-order valence-electron chi connectivity index (χ4n) is 1.14. The van der Waals surface area contributed by atoms with Gasteiger partial charge in [-0.15, -0.1) is 6.42 Å². The number of hydrogen-bond acceptors (Lipinski definition) is 1. The van der Waals surface area contributed by atoms with Gasteiger partial charge in [0.05, 0.1) is 0 Å². The van der Waals surface area contributed by atoms with Gasteiger partial charge in [0.2, 0.25) is 0 Å². The Bertz CT molecular complexity index is 314. The molecule has 0 saturated carbocycles. The second-order valence-corrected chi connectivity index (χ2v) is 2.81. The third-order valence-corrected chi connectivity index (χ3v) is 1.84. The Kier molecular flexibility index (Phi) is 3.48. The van der Waals surface area contributed by atoms with Crippen LogP contribution in [0.15, 0.2) is 24.3 Å². The lowest BCUT2D eigenvalue weighted by molar-refractivity contribution is 0.327. The topological polar surface area (TPSA) is 26.0 Å². The molecule has 0 fully saturated rings. The van der Waals surface area contributed by atoms with Crippen molar-refractivity contribution in [3.63, 3.8) is 0 Å². The van der Waals surface area contributed by atoms with Crippen molar-refractivity contribution in [2.75, 3.05) is 6.54 Å². The summed E-state index contributed by atoms with van der Waals surface area (Å²) in [6, 6.07) is 6.94. The molecule has 0 saturated heterocycles. The Morgan fingerprint density at radius 1 is 1.54 bits per heavy atom. The van der Waals surface area contributed by atoms with Crippen molar-refractivity contribution < 1.29 is 4.39 Å². The molecule has 0 aliphatic heterocycles. The van der Waals surface area contributed by atoms with Crippen molar-refractivity contribution in [2.45, 2.75) is 12.6 Å². The summed E-state index contributed by atoms with van der Waals surface area (Å²) in [5, 5.41) is 0. The first kappa shape index (κ1) is 9.76. The molecule has 1 atom stereocenters. The third kappa shape index (κ3) is 2.57. The van der Waals surface area contributed by atoms with Gasteiger partial charge in [0.1, 0.15) is 6.17 Å². The molecule has 0 aliphatic rings. The number of nitrogens with two attached hydrogens (primary N) is 1. The average Bonchev–Trinajstić information content (AvgIpc) is 2.18. The molecule has 1 rings (SSSR count). The van der Waals surface area contributed by atoms with Crippen molar-refractivity contribution in [3.8, 4) is 12.3 Å². The predicted molar refractivity (Wildman–Crippen MR) is 51.9 cm³/mol. The molecule has 13 heavy (non-hydrogen) atoms. The van der Waals surface area contributed by atoms with Crippen molar-refractivity contribution in [2.24, 2.45) is 5.73 Å². The summed E-state index contributed by atoms with van der Waals surface area (Å²) in [6.07, 6.45) is 4.54. The molecule has 1 aromatic carbocycles. The lowest BCUT2D eigenvalue weighted by Gasteiger charge is -2.06. The van der Waals surface area contributed by atoms with Crippen LogP contribution in [0, 0.1) is 12.3 Å². The molecule has 2 N–H and O–H groups in total. The van der Waals surface area contributed by atoms with Gasteiger partial charge < -0.3 is 5.73 Å². The number of benzene rings is 1. The van der Waals surface area contributed by atoms with Crippen LogP contribution in [-0.4, -0.2) is 6.54 Å². The highest BCUT2D eigenvalue weighted by Crippen LogP contribution is 2.20. The first-order valence-electron chi connectivity index (χ1n) is 4.18. The van der Waals surface area contributed by atoms with Crippen LogP contribution in [0.4, 0.5) is 4.39 Å². The van der Waals surface area contributed by atoms with E-state index >= 15 is 0 Å². The number of rotatable bonds is 3. The van der Waals surface area contributed by atoms with Gasteiger partial charge in [0.25, 0.3) is 0 Å². The molecule has 1 aromatic rings. The fourth-order valence-corrected chi connectivity index (χ4v) is 1.14. The summed E-state index contributed by atoms with van der Waals surface area (Å²) in [5.74, 6) is 2.47. The largest absolute Gasteiger partial charge is 0.330 e. The van der Waals surface area contributed by atoms with Gasteiger partial charge in [0, 0.05) is 5.56 Å². The Hall–Kier alpha value is -1.33. The van der Waals surface area contributed by atoms with Gasteiger partial charge in [-0.25, -0.2) is 4.39 Å². The van der Waals surface area contributed by atoms with Crippen molar-refractivity contribution in [1.29, 1.82) is 0 Å². The van der Waals surface area contributed by atoms with E-state index in [9.17, 15) is 4.39 Å². The standard InChI is InChI=1S/C11H12FN/c1-2-9-4-3-5-10(8-9)11(12)6-7-13/h1,3-5,8,11H,6-7,13H2. The molecule has 0 aromatic heterocycles. The van der Waals surface area contributed by atoms with Gasteiger partial charge in [-0.2, -0.15) is 0 Å². The normalized spacial score (nSPS) is 12.1. The first-order valence-corrected chi connectivity index (χ1v) is 4.18. The molecule has 0 radical (unpaired) electrons. The van der Waals surface area contributed by atoms with E-state index in [2.05, 4.69) is 5.92 Å². The van der Waals surface area contributed by atoms with E-state index in [1.165, 1.54) is 0 Å².